The molecule has 42 heavy (non-hydrogen) atoms. The highest BCUT2D eigenvalue weighted by Crippen LogP contribution is 2.44. The Morgan fingerprint density at radius 1 is 0.643 bits per heavy atom. The molecule has 0 saturated carbocycles. The average Bonchev–Trinajstić information content (AvgIpc) is 3.33. The van der Waals surface area contributed by atoms with Crippen molar-refractivity contribution < 1.29 is 23.8 Å². The number of fused-ring (bicyclic) bond motifs is 3. The summed E-state index contributed by atoms with van der Waals surface area (Å²) in [5.41, 5.74) is 4.82. The van der Waals surface area contributed by atoms with E-state index in [0.29, 0.717) is 39.2 Å². The van der Waals surface area contributed by atoms with E-state index in [4.69, 9.17) is 14.2 Å². The van der Waals surface area contributed by atoms with Crippen LogP contribution >= 0.6 is 0 Å². The Morgan fingerprint density at radius 3 is 1.79 bits per heavy atom. The smallest absolute Gasteiger partial charge is 0.407 e. The molecule has 6 heteroatoms. The first kappa shape index (κ1) is 33.6. The highest BCUT2D eigenvalue weighted by molar-refractivity contribution is 5.79. The van der Waals surface area contributed by atoms with E-state index in [1.807, 2.05) is 24.3 Å². The normalized spacial score (nSPS) is 12.1. The molecule has 1 N–H and O–H groups in total. The van der Waals surface area contributed by atoms with Crippen molar-refractivity contribution in [3.05, 3.63) is 59.7 Å². The van der Waals surface area contributed by atoms with Gasteiger partial charge in [-0.25, -0.2) is 4.79 Å². The Morgan fingerprint density at radius 2 is 1.19 bits per heavy atom. The molecule has 0 atom stereocenters. The van der Waals surface area contributed by atoms with Gasteiger partial charge in [-0.1, -0.05) is 133 Å². The van der Waals surface area contributed by atoms with Crippen molar-refractivity contribution >= 4 is 12.1 Å². The monoisotopic (exact) mass is 579 g/mol. The number of esters is 1. The summed E-state index contributed by atoms with van der Waals surface area (Å²) in [5, 5.41) is 2.80. The van der Waals surface area contributed by atoms with E-state index in [0.717, 1.165) is 12.8 Å². The zero-order valence-corrected chi connectivity index (χ0v) is 25.9. The van der Waals surface area contributed by atoms with Crippen LogP contribution in [-0.2, 0) is 19.0 Å². The zero-order chi connectivity index (χ0) is 29.7. The lowest BCUT2D eigenvalue weighted by molar-refractivity contribution is -0.145. The van der Waals surface area contributed by atoms with Gasteiger partial charge >= 0.3 is 12.1 Å². The Kier molecular flexibility index (Phi) is 16.8. The SMILES string of the molecule is CCCCCCCCCCCCCCCC(=O)OCCOCCCNC(=O)OCC1c2ccccc2-c2ccccc21. The van der Waals surface area contributed by atoms with Crippen molar-refractivity contribution in [2.75, 3.05) is 33.0 Å². The number of ether oxygens (including phenoxy) is 3. The summed E-state index contributed by atoms with van der Waals surface area (Å²) in [7, 11) is 0. The van der Waals surface area contributed by atoms with Gasteiger partial charge in [0.1, 0.15) is 13.2 Å². The van der Waals surface area contributed by atoms with Crippen molar-refractivity contribution in [1.29, 1.82) is 0 Å². The molecule has 2 aromatic carbocycles. The van der Waals surface area contributed by atoms with Crippen molar-refractivity contribution in [3.8, 4) is 11.1 Å². The maximum Gasteiger partial charge on any atom is 0.407 e. The summed E-state index contributed by atoms with van der Waals surface area (Å²) in [6.07, 6.45) is 17.5. The Hall–Kier alpha value is -2.86. The molecule has 6 nitrogen and oxygen atoms in total. The van der Waals surface area contributed by atoms with E-state index >= 15 is 0 Å². The van der Waals surface area contributed by atoms with Crippen LogP contribution < -0.4 is 5.32 Å². The highest BCUT2D eigenvalue weighted by Gasteiger charge is 2.28. The van der Waals surface area contributed by atoms with E-state index in [1.165, 1.54) is 92.9 Å². The Balaban J connectivity index is 1.09. The van der Waals surface area contributed by atoms with Crippen molar-refractivity contribution in [2.24, 2.45) is 0 Å². The standard InChI is InChI=1S/C36H53NO5/c1-2-3-4-5-6-7-8-9-10-11-12-13-14-24-35(38)41-28-27-40-26-19-25-37-36(39)42-29-34-32-22-17-15-20-30(32)31-21-16-18-23-33(31)34/h15-18,20-23,34H,2-14,19,24-29H2,1H3,(H,37,39). The molecule has 1 aliphatic carbocycles. The van der Waals surface area contributed by atoms with E-state index in [9.17, 15) is 9.59 Å². The maximum absolute atomic E-state index is 12.2. The van der Waals surface area contributed by atoms with Gasteiger partial charge < -0.3 is 19.5 Å². The number of hydrogen-bond donors (Lipinski definition) is 1. The first-order valence-electron chi connectivity index (χ1n) is 16.5. The van der Waals surface area contributed by atoms with Gasteiger partial charge in [0, 0.05) is 25.5 Å². The highest BCUT2D eigenvalue weighted by atomic mass is 16.6. The zero-order valence-electron chi connectivity index (χ0n) is 25.9. The predicted octanol–water partition coefficient (Wildman–Crippen LogP) is 8.96. The Labute approximate surface area is 253 Å². The van der Waals surface area contributed by atoms with Crippen LogP contribution in [-0.4, -0.2) is 45.0 Å². The molecule has 0 radical (unpaired) electrons. The van der Waals surface area contributed by atoms with Gasteiger partial charge in [-0.2, -0.15) is 0 Å². The summed E-state index contributed by atoms with van der Waals surface area (Å²) in [6.45, 7) is 4.17. The predicted molar refractivity (Wildman–Crippen MR) is 170 cm³/mol. The summed E-state index contributed by atoms with van der Waals surface area (Å²) < 4.78 is 16.4. The summed E-state index contributed by atoms with van der Waals surface area (Å²) in [6, 6.07) is 16.6. The van der Waals surface area contributed by atoms with Crippen LogP contribution in [0.2, 0.25) is 0 Å². The number of benzene rings is 2. The molecule has 3 rings (SSSR count). The van der Waals surface area contributed by atoms with Crippen LogP contribution in [0.4, 0.5) is 4.79 Å². The largest absolute Gasteiger partial charge is 0.463 e. The third kappa shape index (κ3) is 12.6. The minimum atomic E-state index is -0.418. The molecule has 0 unspecified atom stereocenters. The minimum absolute atomic E-state index is 0.0544. The molecule has 232 valence electrons. The minimum Gasteiger partial charge on any atom is -0.463 e. The number of amides is 1. The van der Waals surface area contributed by atoms with Gasteiger partial charge in [0.25, 0.3) is 0 Å². The number of carbonyl (C=O) groups is 2. The van der Waals surface area contributed by atoms with Crippen LogP contribution in [0.3, 0.4) is 0 Å². The quantitative estimate of drug-likeness (QED) is 0.105. The molecule has 0 heterocycles. The summed E-state index contributed by atoms with van der Waals surface area (Å²) in [5.74, 6) is -0.0858. The topological polar surface area (TPSA) is 73.9 Å². The number of rotatable bonds is 23. The number of alkyl carbamates (subject to hydrolysis) is 1. The van der Waals surface area contributed by atoms with Crippen LogP contribution in [0, 0.1) is 0 Å². The number of unbranched alkanes of at least 4 members (excludes halogenated alkanes) is 12. The third-order valence-electron chi connectivity index (χ3n) is 8.05. The second kappa shape index (κ2) is 20.9. The molecule has 2 aromatic rings. The fourth-order valence-corrected chi connectivity index (χ4v) is 5.69. The maximum atomic E-state index is 12.2. The molecule has 0 aliphatic heterocycles. The second-order valence-electron chi connectivity index (χ2n) is 11.4. The number of hydrogen-bond acceptors (Lipinski definition) is 5. The van der Waals surface area contributed by atoms with Crippen molar-refractivity contribution in [3.63, 3.8) is 0 Å². The van der Waals surface area contributed by atoms with Crippen molar-refractivity contribution in [1.82, 2.24) is 5.32 Å². The van der Waals surface area contributed by atoms with Gasteiger partial charge in [-0.3, -0.25) is 4.79 Å². The van der Waals surface area contributed by atoms with Gasteiger partial charge in [0.05, 0.1) is 6.61 Å². The van der Waals surface area contributed by atoms with E-state index in [1.54, 1.807) is 0 Å². The number of carbonyl (C=O) groups excluding carboxylic acids is 2. The molecule has 0 bridgehead atoms. The molecular weight excluding hydrogens is 526 g/mol. The molecule has 0 saturated heterocycles. The number of nitrogens with one attached hydrogen (secondary N) is 1. The van der Waals surface area contributed by atoms with Crippen LogP contribution in [0.25, 0.3) is 11.1 Å². The fraction of sp³-hybridized carbons (Fsp3) is 0.611. The first-order valence-corrected chi connectivity index (χ1v) is 16.5. The lowest BCUT2D eigenvalue weighted by Crippen LogP contribution is -2.27. The summed E-state index contributed by atoms with van der Waals surface area (Å²) in [4.78, 5) is 24.1. The third-order valence-corrected chi connectivity index (χ3v) is 8.05. The molecule has 0 spiro atoms. The summed E-state index contributed by atoms with van der Waals surface area (Å²) >= 11 is 0. The van der Waals surface area contributed by atoms with Gasteiger partial charge in [-0.05, 0) is 35.1 Å². The molecule has 0 fully saturated rings. The van der Waals surface area contributed by atoms with Crippen LogP contribution in [0.1, 0.15) is 120 Å². The van der Waals surface area contributed by atoms with Gasteiger partial charge in [-0.15, -0.1) is 0 Å². The van der Waals surface area contributed by atoms with Gasteiger partial charge in [0.15, 0.2) is 0 Å². The molecular formula is C36H53NO5. The average molecular weight is 580 g/mol. The van der Waals surface area contributed by atoms with Gasteiger partial charge in [0.2, 0.25) is 0 Å². The molecule has 1 aliphatic rings. The first-order chi connectivity index (χ1) is 20.7. The molecule has 0 aromatic heterocycles. The fourth-order valence-electron chi connectivity index (χ4n) is 5.69. The van der Waals surface area contributed by atoms with E-state index in [-0.39, 0.29) is 18.5 Å². The van der Waals surface area contributed by atoms with Crippen LogP contribution in [0.5, 0.6) is 0 Å². The lowest BCUT2D eigenvalue weighted by atomic mass is 9.98. The molecule has 1 amide bonds. The van der Waals surface area contributed by atoms with E-state index < -0.39 is 6.09 Å². The second-order valence-corrected chi connectivity index (χ2v) is 11.4. The van der Waals surface area contributed by atoms with E-state index in [2.05, 4.69) is 36.5 Å². The lowest BCUT2D eigenvalue weighted by Gasteiger charge is -2.14. The van der Waals surface area contributed by atoms with Crippen molar-refractivity contribution in [2.45, 2.75) is 109 Å². The Bertz CT molecular complexity index is 993. The van der Waals surface area contributed by atoms with Crippen LogP contribution in [0.15, 0.2) is 48.5 Å².